The molecule has 0 aromatic heterocycles. The Bertz CT molecular complexity index is 37.1. The van der Waals surface area contributed by atoms with Crippen molar-refractivity contribution in [1.29, 1.82) is 0 Å². The van der Waals surface area contributed by atoms with Gasteiger partial charge < -0.3 is 0 Å². The van der Waals surface area contributed by atoms with Gasteiger partial charge in [0, 0.05) is 5.25 Å². The summed E-state index contributed by atoms with van der Waals surface area (Å²) in [6.07, 6.45) is 3.41. The van der Waals surface area contributed by atoms with Gasteiger partial charge in [-0.3, -0.25) is 0 Å². The molecule has 0 spiro atoms. The molecule has 0 aliphatic heterocycles. The fourth-order valence-electron chi connectivity index (χ4n) is 0.232. The number of rotatable bonds is 3. The molecule has 0 aromatic carbocycles. The van der Waals surface area contributed by atoms with E-state index in [0.29, 0.717) is 0 Å². The lowest BCUT2D eigenvalue weighted by Gasteiger charge is -2.01. The number of hydrogen-bond donors (Lipinski definition) is 0. The molecule has 0 fully saturated rings. The Hall–Kier alpha value is 0.700. The van der Waals surface area contributed by atoms with Crippen LogP contribution >= 0.6 is 21.6 Å². The minimum Gasteiger partial charge on any atom is -0.0973 e. The van der Waals surface area contributed by atoms with Crippen molar-refractivity contribution in [3.05, 3.63) is 0 Å². The van der Waals surface area contributed by atoms with Gasteiger partial charge in [-0.25, -0.2) is 0 Å². The van der Waals surface area contributed by atoms with Crippen LogP contribution in [0, 0.1) is 0 Å². The van der Waals surface area contributed by atoms with E-state index in [1.165, 1.54) is 6.42 Å². The van der Waals surface area contributed by atoms with Crippen LogP contribution in [0.3, 0.4) is 0 Å². The second-order valence-electron chi connectivity index (χ2n) is 1.48. The molecule has 0 radical (unpaired) electrons. The maximum Gasteiger partial charge on any atom is 0.0120 e. The van der Waals surface area contributed by atoms with Crippen molar-refractivity contribution < 1.29 is 0 Å². The highest BCUT2D eigenvalue weighted by molar-refractivity contribution is 8.76. The van der Waals surface area contributed by atoms with Gasteiger partial charge in [0.25, 0.3) is 0 Å². The molecule has 0 nitrogen and oxygen atoms in total. The van der Waals surface area contributed by atoms with Crippen molar-refractivity contribution in [3.8, 4) is 0 Å². The lowest BCUT2D eigenvalue weighted by atomic mass is 10.4. The molecule has 0 saturated carbocycles. The zero-order chi connectivity index (χ0) is 5.70. The predicted octanol–water partition coefficient (Wildman–Crippen LogP) is 2.80. The van der Waals surface area contributed by atoms with Gasteiger partial charge in [-0.05, 0) is 12.7 Å². The van der Waals surface area contributed by atoms with Crippen LogP contribution in [-0.4, -0.2) is 11.5 Å². The molecule has 7 heavy (non-hydrogen) atoms. The minimum atomic E-state index is 0.829. The Labute approximate surface area is 53.8 Å². The van der Waals surface area contributed by atoms with Crippen LogP contribution < -0.4 is 0 Å². The molecule has 44 valence electrons. The molecule has 1 atom stereocenters. The largest absolute Gasteiger partial charge is 0.0973 e. The Balaban J connectivity index is 2.83. The molecule has 0 heterocycles. The Kier molecular flexibility index (Phi) is 5.33. The summed E-state index contributed by atoms with van der Waals surface area (Å²) in [7, 11) is 3.80. The lowest BCUT2D eigenvalue weighted by Crippen LogP contribution is -1.86. The van der Waals surface area contributed by atoms with E-state index in [1.54, 1.807) is 0 Å². The van der Waals surface area contributed by atoms with E-state index in [-0.39, 0.29) is 0 Å². The van der Waals surface area contributed by atoms with Gasteiger partial charge in [-0.1, -0.05) is 35.4 Å². The van der Waals surface area contributed by atoms with E-state index in [0.717, 1.165) is 5.25 Å². The fourth-order valence-corrected chi connectivity index (χ4v) is 2.09. The molecule has 0 aromatic rings. The molecule has 0 saturated heterocycles. The summed E-state index contributed by atoms with van der Waals surface area (Å²) in [6, 6.07) is 0. The molecule has 0 N–H and O–H groups in total. The third-order valence-electron chi connectivity index (χ3n) is 0.835. The predicted molar refractivity (Wildman–Crippen MR) is 40.9 cm³/mol. The monoisotopic (exact) mass is 136 g/mol. The first-order valence-electron chi connectivity index (χ1n) is 2.50. The van der Waals surface area contributed by atoms with Crippen molar-refractivity contribution in [2.24, 2.45) is 0 Å². The van der Waals surface area contributed by atoms with Gasteiger partial charge >= 0.3 is 0 Å². The zero-order valence-corrected chi connectivity index (χ0v) is 6.73. The summed E-state index contributed by atoms with van der Waals surface area (Å²) in [5, 5.41) is 0.829. The summed E-state index contributed by atoms with van der Waals surface area (Å²) in [4.78, 5) is 0. The van der Waals surface area contributed by atoms with Gasteiger partial charge in [0.2, 0.25) is 0 Å². The second kappa shape index (κ2) is 4.85. The summed E-state index contributed by atoms with van der Waals surface area (Å²) < 4.78 is 0. The normalized spacial score (nSPS) is 14.1. The van der Waals surface area contributed by atoms with Gasteiger partial charge in [-0.15, -0.1) is 0 Å². The maximum absolute atomic E-state index is 2.25. The van der Waals surface area contributed by atoms with Crippen molar-refractivity contribution in [1.82, 2.24) is 0 Å². The standard InChI is InChI=1S/C5H12S2/c1-4-5(2)7-6-3/h5H,4H2,1-3H3. The van der Waals surface area contributed by atoms with Crippen molar-refractivity contribution in [2.75, 3.05) is 6.26 Å². The SMILES string of the molecule is CCC(C)SSC. The van der Waals surface area contributed by atoms with Crippen molar-refractivity contribution in [2.45, 2.75) is 25.5 Å². The molecule has 0 rings (SSSR count). The molecule has 2 heteroatoms. The van der Waals surface area contributed by atoms with Gasteiger partial charge in [0.15, 0.2) is 0 Å². The smallest absolute Gasteiger partial charge is 0.0120 e. The lowest BCUT2D eigenvalue weighted by molar-refractivity contribution is 0.912. The van der Waals surface area contributed by atoms with Crippen LogP contribution in [0.2, 0.25) is 0 Å². The third kappa shape index (κ3) is 4.56. The Morgan fingerprint density at radius 2 is 2.14 bits per heavy atom. The maximum atomic E-state index is 2.25. The van der Waals surface area contributed by atoms with Crippen LogP contribution in [0.15, 0.2) is 0 Å². The fraction of sp³-hybridized carbons (Fsp3) is 1.00. The summed E-state index contributed by atoms with van der Waals surface area (Å²) >= 11 is 0. The Morgan fingerprint density at radius 3 is 2.29 bits per heavy atom. The van der Waals surface area contributed by atoms with Crippen molar-refractivity contribution >= 4 is 21.6 Å². The average molecular weight is 136 g/mol. The molecule has 0 aliphatic carbocycles. The molecule has 1 unspecified atom stereocenters. The van der Waals surface area contributed by atoms with Gasteiger partial charge in [0.1, 0.15) is 0 Å². The molecule has 0 bridgehead atoms. The highest BCUT2D eigenvalue weighted by Gasteiger charge is 1.93. The van der Waals surface area contributed by atoms with E-state index < -0.39 is 0 Å². The van der Waals surface area contributed by atoms with E-state index in [1.807, 2.05) is 21.6 Å². The Morgan fingerprint density at radius 1 is 1.57 bits per heavy atom. The van der Waals surface area contributed by atoms with Gasteiger partial charge in [-0.2, -0.15) is 0 Å². The van der Waals surface area contributed by atoms with Crippen LogP contribution in [-0.2, 0) is 0 Å². The quantitative estimate of drug-likeness (QED) is 0.547. The molecule has 0 aliphatic rings. The summed E-state index contributed by atoms with van der Waals surface area (Å²) in [5.41, 5.74) is 0. The average Bonchev–Trinajstić information content (AvgIpc) is 1.68. The first-order valence-corrected chi connectivity index (χ1v) is 5.12. The van der Waals surface area contributed by atoms with Crippen LogP contribution in [0.1, 0.15) is 20.3 Å². The first kappa shape index (κ1) is 7.70. The van der Waals surface area contributed by atoms with Crippen LogP contribution in [0.4, 0.5) is 0 Å². The van der Waals surface area contributed by atoms with E-state index in [4.69, 9.17) is 0 Å². The third-order valence-corrected chi connectivity index (χ3v) is 3.25. The summed E-state index contributed by atoms with van der Waals surface area (Å²) in [5.74, 6) is 0. The number of hydrogen-bond acceptors (Lipinski definition) is 2. The molecule has 0 amide bonds. The zero-order valence-electron chi connectivity index (χ0n) is 5.10. The molecular weight excluding hydrogens is 124 g/mol. The second-order valence-corrected chi connectivity index (χ2v) is 4.39. The van der Waals surface area contributed by atoms with Gasteiger partial charge in [0.05, 0.1) is 0 Å². The van der Waals surface area contributed by atoms with E-state index >= 15 is 0 Å². The highest BCUT2D eigenvalue weighted by atomic mass is 33.1. The molecular formula is C5H12S2. The first-order chi connectivity index (χ1) is 3.31. The van der Waals surface area contributed by atoms with Crippen LogP contribution in [0.25, 0.3) is 0 Å². The minimum absolute atomic E-state index is 0.829. The summed E-state index contributed by atoms with van der Waals surface area (Å²) in [6.45, 7) is 4.47. The van der Waals surface area contributed by atoms with E-state index in [9.17, 15) is 0 Å². The van der Waals surface area contributed by atoms with Crippen LogP contribution in [0.5, 0.6) is 0 Å². The van der Waals surface area contributed by atoms with Crippen molar-refractivity contribution in [3.63, 3.8) is 0 Å². The van der Waals surface area contributed by atoms with E-state index in [2.05, 4.69) is 20.1 Å². The highest BCUT2D eigenvalue weighted by Crippen LogP contribution is 2.24. The topological polar surface area (TPSA) is 0 Å².